The van der Waals surface area contributed by atoms with Crippen molar-refractivity contribution in [1.29, 1.82) is 5.26 Å². The lowest BCUT2D eigenvalue weighted by atomic mass is 10.3. The minimum Gasteiger partial charge on any atom is -0.333 e. The molecule has 12 heavy (non-hydrogen) atoms. The highest BCUT2D eigenvalue weighted by Gasteiger charge is 2.10. The SMILES string of the molecule is CCCn1cncc1C(Br)C#N. The van der Waals surface area contributed by atoms with Crippen molar-refractivity contribution in [2.75, 3.05) is 0 Å². The molecule has 4 heteroatoms. The van der Waals surface area contributed by atoms with Crippen molar-refractivity contribution < 1.29 is 0 Å². The fraction of sp³-hybridized carbons (Fsp3) is 0.500. The second-order valence-corrected chi connectivity index (χ2v) is 3.42. The molecule has 0 spiro atoms. The largest absolute Gasteiger partial charge is 0.333 e. The molecular weight excluding hydrogens is 218 g/mol. The van der Waals surface area contributed by atoms with Crippen molar-refractivity contribution in [3.63, 3.8) is 0 Å². The summed E-state index contributed by atoms with van der Waals surface area (Å²) in [6.07, 6.45) is 4.53. The third-order valence-corrected chi connectivity index (χ3v) is 2.26. The van der Waals surface area contributed by atoms with E-state index in [1.54, 1.807) is 12.5 Å². The van der Waals surface area contributed by atoms with E-state index in [-0.39, 0.29) is 4.83 Å². The summed E-state index contributed by atoms with van der Waals surface area (Å²) in [5, 5.41) is 8.66. The van der Waals surface area contributed by atoms with E-state index in [1.807, 2.05) is 4.57 Å². The Morgan fingerprint density at radius 3 is 3.17 bits per heavy atom. The van der Waals surface area contributed by atoms with Crippen molar-refractivity contribution >= 4 is 15.9 Å². The summed E-state index contributed by atoms with van der Waals surface area (Å²) in [6, 6.07) is 2.12. The molecule has 0 aromatic carbocycles. The second kappa shape index (κ2) is 4.27. The lowest BCUT2D eigenvalue weighted by Crippen LogP contribution is -2.01. The quantitative estimate of drug-likeness (QED) is 0.744. The molecule has 1 atom stereocenters. The summed E-state index contributed by atoms with van der Waals surface area (Å²) < 4.78 is 1.99. The predicted octanol–water partition coefficient (Wildman–Crippen LogP) is 2.25. The Hall–Kier alpha value is -0.820. The zero-order valence-corrected chi connectivity index (χ0v) is 8.45. The molecule has 1 aromatic rings. The van der Waals surface area contributed by atoms with Crippen LogP contribution in [0.2, 0.25) is 0 Å². The van der Waals surface area contributed by atoms with Crippen LogP contribution in [0.25, 0.3) is 0 Å². The van der Waals surface area contributed by atoms with Gasteiger partial charge in [-0.2, -0.15) is 5.26 Å². The van der Waals surface area contributed by atoms with Crippen LogP contribution in [0.15, 0.2) is 12.5 Å². The van der Waals surface area contributed by atoms with Crippen LogP contribution in [0.3, 0.4) is 0 Å². The second-order valence-electron chi connectivity index (χ2n) is 2.50. The smallest absolute Gasteiger partial charge is 0.143 e. The number of nitriles is 1. The van der Waals surface area contributed by atoms with Crippen LogP contribution in [-0.2, 0) is 6.54 Å². The molecule has 64 valence electrons. The minimum atomic E-state index is -0.244. The molecule has 0 saturated carbocycles. The van der Waals surface area contributed by atoms with Crippen LogP contribution >= 0.6 is 15.9 Å². The molecule has 0 radical (unpaired) electrons. The van der Waals surface area contributed by atoms with Gasteiger partial charge in [0.25, 0.3) is 0 Å². The Morgan fingerprint density at radius 2 is 2.58 bits per heavy atom. The maximum atomic E-state index is 8.66. The first kappa shape index (κ1) is 9.27. The molecular formula is C8H10BrN3. The third-order valence-electron chi connectivity index (χ3n) is 1.58. The van der Waals surface area contributed by atoms with Crippen LogP contribution in [0.4, 0.5) is 0 Å². The zero-order chi connectivity index (χ0) is 8.97. The molecule has 0 aliphatic heterocycles. The van der Waals surface area contributed by atoms with Crippen molar-refractivity contribution in [2.45, 2.75) is 24.7 Å². The maximum Gasteiger partial charge on any atom is 0.143 e. The minimum absolute atomic E-state index is 0.244. The number of aryl methyl sites for hydroxylation is 1. The van der Waals surface area contributed by atoms with Gasteiger partial charge in [-0.3, -0.25) is 0 Å². The Kier molecular flexibility index (Phi) is 3.30. The number of alkyl halides is 1. The number of hydrogen-bond donors (Lipinski definition) is 0. The maximum absolute atomic E-state index is 8.66. The van der Waals surface area contributed by atoms with Crippen LogP contribution in [0, 0.1) is 11.3 Å². The Balaban J connectivity index is 2.85. The Morgan fingerprint density at radius 1 is 1.83 bits per heavy atom. The van der Waals surface area contributed by atoms with Crippen LogP contribution < -0.4 is 0 Å². The highest BCUT2D eigenvalue weighted by Crippen LogP contribution is 2.20. The van der Waals surface area contributed by atoms with Crippen molar-refractivity contribution in [1.82, 2.24) is 9.55 Å². The lowest BCUT2D eigenvalue weighted by Gasteiger charge is -2.05. The van der Waals surface area contributed by atoms with E-state index in [1.165, 1.54) is 0 Å². The molecule has 0 N–H and O–H groups in total. The van der Waals surface area contributed by atoms with Gasteiger partial charge in [0, 0.05) is 6.54 Å². The van der Waals surface area contributed by atoms with Crippen LogP contribution in [0.5, 0.6) is 0 Å². The summed E-state index contributed by atoms with van der Waals surface area (Å²) >= 11 is 3.26. The summed E-state index contributed by atoms with van der Waals surface area (Å²) in [5.41, 5.74) is 0.930. The first-order chi connectivity index (χ1) is 5.79. The number of imidazole rings is 1. The van der Waals surface area contributed by atoms with Gasteiger partial charge in [0.1, 0.15) is 4.83 Å². The van der Waals surface area contributed by atoms with Crippen molar-refractivity contribution in [2.24, 2.45) is 0 Å². The zero-order valence-electron chi connectivity index (χ0n) is 6.87. The number of halogens is 1. The standard InChI is InChI=1S/C8H10BrN3/c1-2-3-12-6-11-5-8(12)7(9)4-10/h5-7H,2-3H2,1H3. The molecule has 0 aliphatic rings. The number of aromatic nitrogens is 2. The van der Waals surface area contributed by atoms with E-state index >= 15 is 0 Å². The summed E-state index contributed by atoms with van der Waals surface area (Å²) in [6.45, 7) is 3.01. The molecule has 3 nitrogen and oxygen atoms in total. The first-order valence-corrected chi connectivity index (χ1v) is 4.75. The highest BCUT2D eigenvalue weighted by atomic mass is 79.9. The molecule has 1 unspecified atom stereocenters. The van der Waals surface area contributed by atoms with Gasteiger partial charge in [-0.25, -0.2) is 4.98 Å². The van der Waals surface area contributed by atoms with Gasteiger partial charge >= 0.3 is 0 Å². The van der Waals surface area contributed by atoms with Gasteiger partial charge in [-0.1, -0.05) is 22.9 Å². The third kappa shape index (κ3) is 1.86. The molecule has 1 heterocycles. The van der Waals surface area contributed by atoms with E-state index in [4.69, 9.17) is 5.26 Å². The fourth-order valence-electron chi connectivity index (χ4n) is 1.04. The van der Waals surface area contributed by atoms with Crippen molar-refractivity contribution in [3.05, 3.63) is 18.2 Å². The topological polar surface area (TPSA) is 41.6 Å². The van der Waals surface area contributed by atoms with E-state index < -0.39 is 0 Å². The lowest BCUT2D eigenvalue weighted by molar-refractivity contribution is 0.655. The predicted molar refractivity (Wildman–Crippen MR) is 49.8 cm³/mol. The number of nitrogens with zero attached hydrogens (tertiary/aromatic N) is 3. The van der Waals surface area contributed by atoms with Gasteiger partial charge in [0.05, 0.1) is 24.3 Å². The molecule has 0 saturated heterocycles. The molecule has 0 bridgehead atoms. The number of rotatable bonds is 3. The summed E-state index contributed by atoms with van der Waals surface area (Å²) in [5.74, 6) is 0. The van der Waals surface area contributed by atoms with E-state index in [9.17, 15) is 0 Å². The molecule has 0 aliphatic carbocycles. The van der Waals surface area contributed by atoms with Gasteiger partial charge in [-0.05, 0) is 6.42 Å². The van der Waals surface area contributed by atoms with Crippen LogP contribution in [-0.4, -0.2) is 9.55 Å². The fourth-order valence-corrected chi connectivity index (χ4v) is 1.42. The van der Waals surface area contributed by atoms with Crippen LogP contribution in [0.1, 0.15) is 23.9 Å². The van der Waals surface area contributed by atoms with E-state index in [0.717, 1.165) is 18.7 Å². The van der Waals surface area contributed by atoms with Gasteiger partial charge in [-0.15, -0.1) is 0 Å². The number of hydrogen-bond acceptors (Lipinski definition) is 2. The first-order valence-electron chi connectivity index (χ1n) is 3.83. The Bertz CT molecular complexity index is 287. The molecule has 0 amide bonds. The monoisotopic (exact) mass is 227 g/mol. The molecule has 0 fully saturated rings. The van der Waals surface area contributed by atoms with Gasteiger partial charge < -0.3 is 4.57 Å². The normalized spacial score (nSPS) is 12.4. The Labute approximate surface area is 80.2 Å². The highest BCUT2D eigenvalue weighted by molar-refractivity contribution is 9.09. The van der Waals surface area contributed by atoms with E-state index in [0.29, 0.717) is 0 Å². The molecule has 1 aromatic heterocycles. The molecule has 1 rings (SSSR count). The average molecular weight is 228 g/mol. The van der Waals surface area contributed by atoms with Crippen molar-refractivity contribution in [3.8, 4) is 6.07 Å². The summed E-state index contributed by atoms with van der Waals surface area (Å²) in [7, 11) is 0. The van der Waals surface area contributed by atoms with Gasteiger partial charge in [0.15, 0.2) is 0 Å². The van der Waals surface area contributed by atoms with E-state index in [2.05, 4.69) is 33.9 Å². The average Bonchev–Trinajstić information content (AvgIpc) is 2.52. The summed E-state index contributed by atoms with van der Waals surface area (Å²) in [4.78, 5) is 3.75. The van der Waals surface area contributed by atoms with Gasteiger partial charge in [0.2, 0.25) is 0 Å².